The van der Waals surface area contributed by atoms with Crippen molar-refractivity contribution in [3.8, 4) is 0 Å². The summed E-state index contributed by atoms with van der Waals surface area (Å²) in [4.78, 5) is 27.5. The molecule has 3 aromatic rings. The average Bonchev–Trinajstić information content (AvgIpc) is 3.11. The van der Waals surface area contributed by atoms with Gasteiger partial charge >= 0.3 is 0 Å². The third kappa shape index (κ3) is 4.54. The number of aromatic nitrogens is 2. The highest BCUT2D eigenvalue weighted by atomic mass is 35.5. The number of carbonyl (C=O) groups is 2. The van der Waals surface area contributed by atoms with Crippen molar-refractivity contribution in [1.29, 1.82) is 0 Å². The van der Waals surface area contributed by atoms with Crippen molar-refractivity contribution < 1.29 is 9.59 Å². The topological polar surface area (TPSA) is 67.2 Å². The number of fused-ring (bicyclic) bond motifs is 1. The van der Waals surface area contributed by atoms with E-state index >= 15 is 0 Å². The zero-order valence-corrected chi connectivity index (χ0v) is 17.5. The highest BCUT2D eigenvalue weighted by Crippen LogP contribution is 2.18. The normalized spacial score (nSPS) is 13.7. The van der Waals surface area contributed by atoms with Gasteiger partial charge in [0.1, 0.15) is 5.69 Å². The summed E-state index contributed by atoms with van der Waals surface area (Å²) in [5.41, 5.74) is 3.88. The molecule has 0 atom stereocenters. The molecule has 0 bridgehead atoms. The van der Waals surface area contributed by atoms with E-state index < -0.39 is 0 Å². The zero-order valence-electron chi connectivity index (χ0n) is 16.8. The first-order valence-corrected chi connectivity index (χ1v) is 10.3. The van der Waals surface area contributed by atoms with Crippen molar-refractivity contribution in [3.63, 3.8) is 0 Å². The molecule has 1 N–H and O–H groups in total. The Kier molecular flexibility index (Phi) is 5.86. The minimum absolute atomic E-state index is 0.118. The van der Waals surface area contributed by atoms with Gasteiger partial charge in [-0.2, -0.15) is 5.10 Å². The second-order valence-electron chi connectivity index (χ2n) is 7.52. The molecule has 2 heterocycles. The Labute approximate surface area is 180 Å². The molecule has 0 saturated heterocycles. The second kappa shape index (κ2) is 8.71. The predicted molar refractivity (Wildman–Crippen MR) is 115 cm³/mol. The smallest absolute Gasteiger partial charge is 0.272 e. The van der Waals surface area contributed by atoms with Crippen molar-refractivity contribution in [2.45, 2.75) is 33.0 Å². The fourth-order valence-electron chi connectivity index (χ4n) is 3.60. The number of nitrogens with one attached hydrogen (secondary N) is 1. The van der Waals surface area contributed by atoms with Crippen molar-refractivity contribution in [1.82, 2.24) is 20.0 Å². The van der Waals surface area contributed by atoms with Crippen LogP contribution in [0.2, 0.25) is 5.02 Å². The summed E-state index contributed by atoms with van der Waals surface area (Å²) >= 11 is 5.95. The van der Waals surface area contributed by atoms with Gasteiger partial charge in [-0.05, 0) is 36.6 Å². The fraction of sp³-hybridized carbons (Fsp3) is 0.261. The van der Waals surface area contributed by atoms with Gasteiger partial charge in [0, 0.05) is 37.3 Å². The van der Waals surface area contributed by atoms with Gasteiger partial charge in [0.25, 0.3) is 11.8 Å². The lowest BCUT2D eigenvalue weighted by atomic mass is 10.1. The fourth-order valence-corrected chi connectivity index (χ4v) is 3.73. The molecule has 2 aromatic carbocycles. The Morgan fingerprint density at radius 3 is 2.67 bits per heavy atom. The van der Waals surface area contributed by atoms with Crippen LogP contribution >= 0.6 is 11.6 Å². The Bertz CT molecular complexity index is 1080. The first kappa shape index (κ1) is 20.2. The van der Waals surface area contributed by atoms with E-state index in [1.807, 2.05) is 55.5 Å². The molecule has 0 aliphatic carbocycles. The summed E-state index contributed by atoms with van der Waals surface area (Å²) in [5, 5.41) is 7.94. The van der Waals surface area contributed by atoms with Crippen LogP contribution in [-0.4, -0.2) is 33.0 Å². The molecule has 7 heteroatoms. The molecule has 1 aliphatic rings. The molecule has 2 amide bonds. The van der Waals surface area contributed by atoms with Gasteiger partial charge in [-0.25, -0.2) is 0 Å². The number of hydrogen-bond acceptors (Lipinski definition) is 3. The van der Waals surface area contributed by atoms with E-state index in [0.717, 1.165) is 23.1 Å². The Morgan fingerprint density at radius 1 is 1.10 bits per heavy atom. The molecule has 4 rings (SSSR count). The van der Waals surface area contributed by atoms with Crippen LogP contribution in [0.5, 0.6) is 0 Å². The summed E-state index contributed by atoms with van der Waals surface area (Å²) in [6.07, 6.45) is 0.776. The van der Waals surface area contributed by atoms with Crippen molar-refractivity contribution >= 4 is 23.4 Å². The molecule has 1 aliphatic heterocycles. The van der Waals surface area contributed by atoms with Gasteiger partial charge in [-0.3, -0.25) is 14.3 Å². The van der Waals surface area contributed by atoms with E-state index in [0.29, 0.717) is 36.9 Å². The molecule has 0 unspecified atom stereocenters. The number of aryl methyl sites for hydroxylation is 2. The lowest BCUT2D eigenvalue weighted by molar-refractivity contribution is 0.0745. The van der Waals surface area contributed by atoms with Crippen molar-refractivity contribution in [2.24, 2.45) is 0 Å². The first-order chi connectivity index (χ1) is 14.5. The zero-order chi connectivity index (χ0) is 21.1. The number of carbonyl (C=O) groups excluding carboxylic acids is 2. The van der Waals surface area contributed by atoms with E-state index in [9.17, 15) is 9.59 Å². The van der Waals surface area contributed by atoms with E-state index in [-0.39, 0.29) is 17.5 Å². The Hall–Kier alpha value is -3.12. The molecule has 0 fully saturated rings. The highest BCUT2D eigenvalue weighted by molar-refractivity contribution is 6.30. The molecule has 154 valence electrons. The SMILES string of the molecule is Cc1cccc(CNC(=O)c2cc3n(n2)CCCN(Cc2ccc(Cl)cc2)C3=O)c1. The van der Waals surface area contributed by atoms with Gasteiger partial charge in [-0.1, -0.05) is 53.6 Å². The Balaban J connectivity index is 1.46. The van der Waals surface area contributed by atoms with Crippen LogP contribution in [0.4, 0.5) is 0 Å². The van der Waals surface area contributed by atoms with Crippen molar-refractivity contribution in [2.75, 3.05) is 6.54 Å². The predicted octanol–water partition coefficient (Wildman–Crippen LogP) is 3.82. The molecular formula is C23H23ClN4O2. The van der Waals surface area contributed by atoms with Crippen LogP contribution in [-0.2, 0) is 19.6 Å². The molecule has 0 radical (unpaired) electrons. The maximum atomic E-state index is 13.1. The average molecular weight is 423 g/mol. The highest BCUT2D eigenvalue weighted by Gasteiger charge is 2.26. The molecule has 0 saturated carbocycles. The first-order valence-electron chi connectivity index (χ1n) is 9.95. The third-order valence-corrected chi connectivity index (χ3v) is 5.39. The van der Waals surface area contributed by atoms with Crippen LogP contribution in [0.3, 0.4) is 0 Å². The molecular weight excluding hydrogens is 400 g/mol. The number of halogens is 1. The maximum Gasteiger partial charge on any atom is 0.272 e. The van der Waals surface area contributed by atoms with Gasteiger partial charge in [0.05, 0.1) is 0 Å². The van der Waals surface area contributed by atoms with E-state index in [1.54, 1.807) is 15.6 Å². The largest absolute Gasteiger partial charge is 0.347 e. The third-order valence-electron chi connectivity index (χ3n) is 5.14. The van der Waals surface area contributed by atoms with E-state index in [1.165, 1.54) is 0 Å². The minimum Gasteiger partial charge on any atom is -0.347 e. The molecule has 30 heavy (non-hydrogen) atoms. The van der Waals surface area contributed by atoms with Crippen LogP contribution in [0, 0.1) is 6.92 Å². The number of amides is 2. The quantitative estimate of drug-likeness (QED) is 0.679. The number of benzene rings is 2. The molecule has 1 aromatic heterocycles. The standard InChI is InChI=1S/C23H23ClN4O2/c1-16-4-2-5-18(12-16)14-25-22(29)20-13-21-23(30)27(10-3-11-28(21)26-20)15-17-6-8-19(24)9-7-17/h2,4-9,12-13H,3,10-11,14-15H2,1H3,(H,25,29). The van der Waals surface area contributed by atoms with Crippen LogP contribution < -0.4 is 5.32 Å². The Morgan fingerprint density at radius 2 is 1.90 bits per heavy atom. The molecule has 6 nitrogen and oxygen atoms in total. The lowest BCUT2D eigenvalue weighted by Crippen LogP contribution is -2.30. The maximum absolute atomic E-state index is 13.1. The number of hydrogen-bond donors (Lipinski definition) is 1. The van der Waals surface area contributed by atoms with E-state index in [2.05, 4.69) is 10.4 Å². The van der Waals surface area contributed by atoms with Crippen LogP contribution in [0.1, 0.15) is 44.1 Å². The van der Waals surface area contributed by atoms with Gasteiger partial charge in [0.15, 0.2) is 5.69 Å². The van der Waals surface area contributed by atoms with Crippen LogP contribution in [0.15, 0.2) is 54.6 Å². The van der Waals surface area contributed by atoms with Crippen LogP contribution in [0.25, 0.3) is 0 Å². The number of rotatable bonds is 5. The summed E-state index contributed by atoms with van der Waals surface area (Å²) in [6, 6.07) is 17.0. The summed E-state index contributed by atoms with van der Waals surface area (Å²) in [5.74, 6) is -0.401. The lowest BCUT2D eigenvalue weighted by Gasteiger charge is -2.20. The minimum atomic E-state index is -0.283. The van der Waals surface area contributed by atoms with Gasteiger partial charge in [-0.15, -0.1) is 0 Å². The summed E-state index contributed by atoms with van der Waals surface area (Å²) < 4.78 is 1.64. The van der Waals surface area contributed by atoms with E-state index in [4.69, 9.17) is 11.6 Å². The van der Waals surface area contributed by atoms with Gasteiger partial charge in [0.2, 0.25) is 0 Å². The monoisotopic (exact) mass is 422 g/mol. The second-order valence-corrected chi connectivity index (χ2v) is 7.95. The van der Waals surface area contributed by atoms with Gasteiger partial charge < -0.3 is 10.2 Å². The van der Waals surface area contributed by atoms with Crippen molar-refractivity contribution in [3.05, 3.63) is 87.7 Å². The summed E-state index contributed by atoms with van der Waals surface area (Å²) in [6.45, 7) is 4.16. The summed E-state index contributed by atoms with van der Waals surface area (Å²) in [7, 11) is 0. The molecule has 0 spiro atoms. The number of nitrogens with zero attached hydrogens (tertiary/aromatic N) is 3.